The van der Waals surface area contributed by atoms with E-state index in [1.54, 1.807) is 12.1 Å². The monoisotopic (exact) mass is 306 g/mol. The van der Waals surface area contributed by atoms with E-state index in [2.05, 4.69) is 12.2 Å². The third-order valence-electron chi connectivity index (χ3n) is 4.80. The Balaban J connectivity index is 1.69. The molecule has 2 aromatic carbocycles. The SMILES string of the molecule is Cc1c(OC(=O)c2ccccc2)cc2c(c1C)O[C@@H]1C=CC[C@H]21. The van der Waals surface area contributed by atoms with Gasteiger partial charge in [-0.1, -0.05) is 24.3 Å². The number of carbonyl (C=O) groups excluding carboxylic acids is 1. The molecular weight excluding hydrogens is 288 g/mol. The maximum atomic E-state index is 12.3. The molecule has 1 aliphatic heterocycles. The van der Waals surface area contributed by atoms with Crippen LogP contribution in [0, 0.1) is 13.8 Å². The van der Waals surface area contributed by atoms with E-state index in [0.717, 1.165) is 28.9 Å². The number of hydrogen-bond acceptors (Lipinski definition) is 3. The summed E-state index contributed by atoms with van der Waals surface area (Å²) < 4.78 is 11.7. The maximum Gasteiger partial charge on any atom is 0.343 e. The Kier molecular flexibility index (Phi) is 3.22. The molecule has 1 heterocycles. The number of allylic oxidation sites excluding steroid dienone is 1. The molecule has 0 saturated carbocycles. The summed E-state index contributed by atoms with van der Waals surface area (Å²) in [5, 5.41) is 0. The van der Waals surface area contributed by atoms with Crippen LogP contribution >= 0.6 is 0 Å². The highest BCUT2D eigenvalue weighted by atomic mass is 16.5. The molecule has 3 nitrogen and oxygen atoms in total. The molecule has 0 N–H and O–H groups in total. The lowest BCUT2D eigenvalue weighted by molar-refractivity contribution is 0.0733. The summed E-state index contributed by atoms with van der Waals surface area (Å²) >= 11 is 0. The molecule has 0 spiro atoms. The number of benzene rings is 2. The Hall–Kier alpha value is -2.55. The Bertz CT molecular complexity index is 805. The summed E-state index contributed by atoms with van der Waals surface area (Å²) in [5.41, 5.74) is 3.72. The van der Waals surface area contributed by atoms with Crippen molar-refractivity contribution in [2.45, 2.75) is 32.3 Å². The van der Waals surface area contributed by atoms with E-state index in [1.807, 2.05) is 38.1 Å². The van der Waals surface area contributed by atoms with Gasteiger partial charge in [0.2, 0.25) is 0 Å². The molecule has 4 rings (SSSR count). The second-order valence-corrected chi connectivity index (χ2v) is 6.15. The first-order valence-corrected chi connectivity index (χ1v) is 7.90. The van der Waals surface area contributed by atoms with Gasteiger partial charge in [-0.3, -0.25) is 0 Å². The quantitative estimate of drug-likeness (QED) is 0.471. The van der Waals surface area contributed by atoms with Crippen molar-refractivity contribution in [1.29, 1.82) is 0 Å². The van der Waals surface area contributed by atoms with Gasteiger partial charge in [-0.2, -0.15) is 0 Å². The zero-order chi connectivity index (χ0) is 16.0. The minimum Gasteiger partial charge on any atom is -0.485 e. The van der Waals surface area contributed by atoms with Crippen molar-refractivity contribution in [3.05, 3.63) is 70.8 Å². The van der Waals surface area contributed by atoms with E-state index in [1.165, 1.54) is 0 Å². The molecule has 2 atom stereocenters. The summed E-state index contributed by atoms with van der Waals surface area (Å²) in [6.07, 6.45) is 5.38. The average Bonchev–Trinajstić information content (AvgIpc) is 3.15. The van der Waals surface area contributed by atoms with E-state index in [9.17, 15) is 4.79 Å². The first kappa shape index (κ1) is 14.1. The van der Waals surface area contributed by atoms with Crippen molar-refractivity contribution in [3.63, 3.8) is 0 Å². The van der Waals surface area contributed by atoms with Crippen LogP contribution in [0.5, 0.6) is 11.5 Å². The first-order valence-electron chi connectivity index (χ1n) is 7.90. The van der Waals surface area contributed by atoms with E-state index in [-0.39, 0.29) is 12.1 Å². The third kappa shape index (κ3) is 2.24. The van der Waals surface area contributed by atoms with Crippen molar-refractivity contribution in [1.82, 2.24) is 0 Å². The fourth-order valence-electron chi connectivity index (χ4n) is 3.35. The van der Waals surface area contributed by atoms with Crippen LogP contribution in [0.25, 0.3) is 0 Å². The van der Waals surface area contributed by atoms with Gasteiger partial charge in [0.1, 0.15) is 17.6 Å². The Morgan fingerprint density at radius 3 is 2.74 bits per heavy atom. The van der Waals surface area contributed by atoms with Gasteiger partial charge in [0.05, 0.1) is 5.56 Å². The molecule has 0 radical (unpaired) electrons. The van der Waals surface area contributed by atoms with Crippen LogP contribution in [0.1, 0.15) is 39.4 Å². The highest BCUT2D eigenvalue weighted by Gasteiger charge is 2.37. The predicted molar refractivity (Wildman–Crippen MR) is 88.2 cm³/mol. The highest BCUT2D eigenvalue weighted by Crippen LogP contribution is 2.48. The van der Waals surface area contributed by atoms with Gasteiger partial charge >= 0.3 is 5.97 Å². The second kappa shape index (κ2) is 5.27. The van der Waals surface area contributed by atoms with Gasteiger partial charge in [-0.05, 0) is 55.7 Å². The smallest absolute Gasteiger partial charge is 0.343 e. The van der Waals surface area contributed by atoms with Crippen LogP contribution in [0.2, 0.25) is 0 Å². The first-order chi connectivity index (χ1) is 11.1. The molecule has 0 amide bonds. The van der Waals surface area contributed by atoms with Crippen LogP contribution < -0.4 is 9.47 Å². The van der Waals surface area contributed by atoms with E-state index in [0.29, 0.717) is 17.2 Å². The number of carbonyl (C=O) groups is 1. The average molecular weight is 306 g/mol. The number of rotatable bonds is 2. The standard InChI is InChI=1S/C20H18O3/c1-12-13(2)19-16(15-9-6-10-17(15)22-19)11-18(12)23-20(21)14-7-4-3-5-8-14/h3-8,10-11,15,17H,9H2,1-2H3/t15-,17-/m1/s1. The summed E-state index contributed by atoms with van der Waals surface area (Å²) in [4.78, 5) is 12.3. The minimum absolute atomic E-state index is 0.128. The third-order valence-corrected chi connectivity index (χ3v) is 4.80. The molecule has 116 valence electrons. The fraction of sp³-hybridized carbons (Fsp3) is 0.250. The van der Waals surface area contributed by atoms with Crippen LogP contribution in [-0.2, 0) is 0 Å². The molecule has 0 fully saturated rings. The van der Waals surface area contributed by atoms with Crippen molar-refractivity contribution in [2.75, 3.05) is 0 Å². The number of ether oxygens (including phenoxy) is 2. The largest absolute Gasteiger partial charge is 0.485 e. The van der Waals surface area contributed by atoms with E-state index in [4.69, 9.17) is 9.47 Å². The Morgan fingerprint density at radius 2 is 1.96 bits per heavy atom. The molecule has 1 aliphatic carbocycles. The molecular formula is C20H18O3. The van der Waals surface area contributed by atoms with Crippen LogP contribution in [0.3, 0.4) is 0 Å². The molecule has 3 heteroatoms. The van der Waals surface area contributed by atoms with Crippen molar-refractivity contribution in [2.24, 2.45) is 0 Å². The van der Waals surface area contributed by atoms with Gasteiger partial charge in [-0.25, -0.2) is 4.79 Å². The number of fused-ring (bicyclic) bond motifs is 3. The lowest BCUT2D eigenvalue weighted by atomic mass is 9.93. The second-order valence-electron chi connectivity index (χ2n) is 6.15. The van der Waals surface area contributed by atoms with Gasteiger partial charge in [0.15, 0.2) is 0 Å². The zero-order valence-electron chi connectivity index (χ0n) is 13.2. The lowest BCUT2D eigenvalue weighted by Crippen LogP contribution is -2.10. The van der Waals surface area contributed by atoms with Crippen LogP contribution in [0.4, 0.5) is 0 Å². The van der Waals surface area contributed by atoms with Gasteiger partial charge in [0.25, 0.3) is 0 Å². The van der Waals surface area contributed by atoms with Crippen molar-refractivity contribution < 1.29 is 14.3 Å². The van der Waals surface area contributed by atoms with Gasteiger partial charge in [-0.15, -0.1) is 0 Å². The molecule has 0 bridgehead atoms. The van der Waals surface area contributed by atoms with E-state index >= 15 is 0 Å². The van der Waals surface area contributed by atoms with E-state index < -0.39 is 0 Å². The fourth-order valence-corrected chi connectivity index (χ4v) is 3.35. The van der Waals surface area contributed by atoms with Crippen LogP contribution in [0.15, 0.2) is 48.6 Å². The maximum absolute atomic E-state index is 12.3. The molecule has 2 aromatic rings. The summed E-state index contributed by atoms with van der Waals surface area (Å²) in [6, 6.07) is 11.1. The summed E-state index contributed by atoms with van der Waals surface area (Å²) in [5.74, 6) is 1.61. The number of esters is 1. The Labute approximate surface area is 135 Å². The zero-order valence-corrected chi connectivity index (χ0v) is 13.2. The van der Waals surface area contributed by atoms with Crippen LogP contribution in [-0.4, -0.2) is 12.1 Å². The molecule has 0 unspecified atom stereocenters. The summed E-state index contributed by atoms with van der Waals surface area (Å²) in [6.45, 7) is 4.00. The van der Waals surface area contributed by atoms with Gasteiger partial charge in [0, 0.05) is 11.5 Å². The predicted octanol–water partition coefficient (Wildman–Crippen LogP) is 4.33. The van der Waals surface area contributed by atoms with Crippen molar-refractivity contribution in [3.8, 4) is 11.5 Å². The molecule has 23 heavy (non-hydrogen) atoms. The molecule has 0 aromatic heterocycles. The molecule has 0 saturated heterocycles. The normalized spacial score (nSPS) is 20.8. The topological polar surface area (TPSA) is 35.5 Å². The van der Waals surface area contributed by atoms with Gasteiger partial charge < -0.3 is 9.47 Å². The van der Waals surface area contributed by atoms with Crippen molar-refractivity contribution >= 4 is 5.97 Å². The number of hydrogen-bond donors (Lipinski definition) is 0. The molecule has 2 aliphatic rings. The Morgan fingerprint density at radius 1 is 1.17 bits per heavy atom. The summed E-state index contributed by atoms with van der Waals surface area (Å²) in [7, 11) is 0. The minimum atomic E-state index is -0.326. The highest BCUT2D eigenvalue weighted by molar-refractivity contribution is 5.91. The lowest BCUT2D eigenvalue weighted by Gasteiger charge is -2.14.